The summed E-state index contributed by atoms with van der Waals surface area (Å²) in [5, 5.41) is 5.04. The molecule has 1 aliphatic rings. The van der Waals surface area contributed by atoms with E-state index in [9.17, 15) is 4.79 Å². The molecule has 3 aromatic rings. The predicted molar refractivity (Wildman–Crippen MR) is 129 cm³/mol. The van der Waals surface area contributed by atoms with Crippen molar-refractivity contribution in [2.45, 2.75) is 44.4 Å². The highest BCUT2D eigenvalue weighted by atomic mass is 32.2. The van der Waals surface area contributed by atoms with Crippen molar-refractivity contribution < 1.29 is 14.3 Å². The van der Waals surface area contributed by atoms with Gasteiger partial charge in [-0.2, -0.15) is 9.50 Å². The molecule has 1 amide bonds. The average molecular weight is 481 g/mol. The molecule has 0 radical (unpaired) electrons. The molecule has 1 unspecified atom stereocenters. The third-order valence-electron chi connectivity index (χ3n) is 5.29. The molecule has 10 heteroatoms. The van der Waals surface area contributed by atoms with Crippen molar-refractivity contribution in [1.29, 1.82) is 0 Å². The molecule has 0 saturated carbocycles. The Labute approximate surface area is 203 Å². The topological polar surface area (TPSA) is 94.7 Å². The Morgan fingerprint density at radius 1 is 1.32 bits per heavy atom. The van der Waals surface area contributed by atoms with E-state index in [0.29, 0.717) is 42.1 Å². The number of amides is 1. The fourth-order valence-electron chi connectivity index (χ4n) is 3.55. The summed E-state index contributed by atoms with van der Waals surface area (Å²) in [5.41, 5.74) is 2.07. The summed E-state index contributed by atoms with van der Waals surface area (Å²) in [7, 11) is 0. The summed E-state index contributed by atoms with van der Waals surface area (Å²) in [6.07, 6.45) is 7.94. The molecule has 178 valence electrons. The number of carbonyl (C=O) groups excluding carboxylic acids is 1. The van der Waals surface area contributed by atoms with Gasteiger partial charge in [0.1, 0.15) is 12.7 Å². The maximum Gasteiger partial charge on any atom is 0.256 e. The Bertz CT molecular complexity index is 1220. The number of carbonyl (C=O) groups is 1. The van der Waals surface area contributed by atoms with Crippen LogP contribution in [0.3, 0.4) is 0 Å². The van der Waals surface area contributed by atoms with E-state index in [1.807, 2.05) is 19.2 Å². The van der Waals surface area contributed by atoms with E-state index in [4.69, 9.17) is 9.47 Å². The summed E-state index contributed by atoms with van der Waals surface area (Å²) in [5.74, 6) is 7.19. The summed E-state index contributed by atoms with van der Waals surface area (Å²) < 4.78 is 13.5. The molecule has 34 heavy (non-hydrogen) atoms. The molecule has 4 rings (SSSR count). The number of ether oxygens (including phenoxy) is 2. The quantitative estimate of drug-likeness (QED) is 0.289. The summed E-state index contributed by atoms with van der Waals surface area (Å²) in [4.78, 5) is 27.9. The van der Waals surface area contributed by atoms with Gasteiger partial charge in [-0.15, -0.1) is 5.10 Å². The second kappa shape index (κ2) is 11.3. The third kappa shape index (κ3) is 5.85. The van der Waals surface area contributed by atoms with Crippen LogP contribution >= 0.6 is 11.8 Å². The van der Waals surface area contributed by atoms with Crippen LogP contribution in [0.4, 0.5) is 0 Å². The number of nitrogens with zero attached hydrogens (tertiary/aromatic N) is 6. The lowest BCUT2D eigenvalue weighted by molar-refractivity contribution is -0.0410. The van der Waals surface area contributed by atoms with Crippen molar-refractivity contribution in [3.8, 4) is 17.7 Å². The molecule has 0 aromatic carbocycles. The van der Waals surface area contributed by atoms with E-state index < -0.39 is 0 Å². The first-order valence-electron chi connectivity index (χ1n) is 11.3. The van der Waals surface area contributed by atoms with Crippen molar-refractivity contribution in [2.24, 2.45) is 0 Å². The lowest BCUT2D eigenvalue weighted by Crippen LogP contribution is -2.47. The highest BCUT2D eigenvalue weighted by Crippen LogP contribution is 2.19. The Kier molecular flexibility index (Phi) is 7.98. The van der Waals surface area contributed by atoms with Crippen LogP contribution in [0.2, 0.25) is 0 Å². The largest absolute Gasteiger partial charge is 0.475 e. The zero-order valence-electron chi connectivity index (χ0n) is 19.7. The molecule has 9 nitrogen and oxygen atoms in total. The minimum absolute atomic E-state index is 0.0824. The van der Waals surface area contributed by atoms with Gasteiger partial charge in [0, 0.05) is 42.7 Å². The van der Waals surface area contributed by atoms with E-state index in [1.54, 1.807) is 27.9 Å². The van der Waals surface area contributed by atoms with Crippen molar-refractivity contribution in [3.63, 3.8) is 0 Å². The number of aromatic nitrogens is 5. The second-order valence-corrected chi connectivity index (χ2v) is 8.74. The zero-order valence-corrected chi connectivity index (χ0v) is 20.5. The van der Waals surface area contributed by atoms with E-state index in [-0.39, 0.29) is 18.6 Å². The molecule has 1 atom stereocenters. The van der Waals surface area contributed by atoms with Crippen LogP contribution in [0.15, 0.2) is 29.7 Å². The Morgan fingerprint density at radius 2 is 2.21 bits per heavy atom. The number of morpholine rings is 1. The zero-order chi connectivity index (χ0) is 23.9. The van der Waals surface area contributed by atoms with Crippen LogP contribution in [0.25, 0.3) is 5.78 Å². The lowest BCUT2D eigenvalue weighted by atomic mass is 10.1. The number of pyridine rings is 1. The van der Waals surface area contributed by atoms with Gasteiger partial charge in [0.2, 0.25) is 11.0 Å². The Morgan fingerprint density at radius 3 is 3.03 bits per heavy atom. The molecular formula is C24H28N6O3S. The van der Waals surface area contributed by atoms with Crippen LogP contribution in [0, 0.1) is 18.8 Å². The van der Waals surface area contributed by atoms with Gasteiger partial charge in [0.15, 0.2) is 0 Å². The van der Waals surface area contributed by atoms with Crippen molar-refractivity contribution in [2.75, 3.05) is 32.6 Å². The van der Waals surface area contributed by atoms with Crippen LogP contribution in [0.5, 0.6) is 5.88 Å². The highest BCUT2D eigenvalue weighted by molar-refractivity contribution is 7.98. The smallest absolute Gasteiger partial charge is 0.256 e. The minimum atomic E-state index is -0.269. The van der Waals surface area contributed by atoms with Crippen molar-refractivity contribution >= 4 is 23.4 Å². The molecule has 0 bridgehead atoms. The van der Waals surface area contributed by atoms with Crippen LogP contribution in [-0.2, 0) is 4.74 Å². The van der Waals surface area contributed by atoms with Gasteiger partial charge in [0.25, 0.3) is 11.7 Å². The van der Waals surface area contributed by atoms with Gasteiger partial charge < -0.3 is 14.4 Å². The van der Waals surface area contributed by atoms with Crippen LogP contribution in [-0.4, -0.2) is 74.0 Å². The van der Waals surface area contributed by atoms with Crippen LogP contribution in [0.1, 0.15) is 47.8 Å². The number of rotatable bonds is 7. The Hall–Kier alpha value is -3.16. The van der Waals surface area contributed by atoms with E-state index in [2.05, 4.69) is 38.8 Å². The number of thioether (sulfide) groups is 1. The number of unbranched alkanes of at least 4 members (excludes halogenated alkanes) is 2. The molecule has 1 saturated heterocycles. The van der Waals surface area contributed by atoms with Gasteiger partial charge >= 0.3 is 0 Å². The van der Waals surface area contributed by atoms with Crippen molar-refractivity contribution in [1.82, 2.24) is 29.5 Å². The molecule has 3 aromatic heterocycles. The predicted octanol–water partition coefficient (Wildman–Crippen LogP) is 3.01. The fraction of sp³-hybridized carbons (Fsp3) is 0.458. The van der Waals surface area contributed by atoms with Gasteiger partial charge in [0.05, 0.1) is 18.7 Å². The molecule has 0 N–H and O–H groups in total. The summed E-state index contributed by atoms with van der Waals surface area (Å²) in [6.45, 7) is 5.67. The van der Waals surface area contributed by atoms with E-state index in [0.717, 1.165) is 30.5 Å². The monoisotopic (exact) mass is 480 g/mol. The maximum absolute atomic E-state index is 13.1. The Balaban J connectivity index is 1.40. The number of fused-ring (bicyclic) bond motifs is 1. The molecule has 4 heterocycles. The first-order chi connectivity index (χ1) is 16.6. The molecule has 0 spiro atoms. The van der Waals surface area contributed by atoms with E-state index in [1.165, 1.54) is 11.8 Å². The van der Waals surface area contributed by atoms with Gasteiger partial charge in [-0.05, 0) is 25.7 Å². The number of hydrogen-bond acceptors (Lipinski definition) is 8. The fourth-order valence-corrected chi connectivity index (χ4v) is 3.88. The second-order valence-electron chi connectivity index (χ2n) is 7.97. The van der Waals surface area contributed by atoms with Gasteiger partial charge in [-0.3, -0.25) is 9.78 Å². The van der Waals surface area contributed by atoms with Crippen molar-refractivity contribution in [3.05, 3.63) is 41.3 Å². The van der Waals surface area contributed by atoms with Gasteiger partial charge in [-0.25, -0.2) is 4.98 Å². The molecular weight excluding hydrogens is 452 g/mol. The first kappa shape index (κ1) is 24.0. The van der Waals surface area contributed by atoms with E-state index >= 15 is 0 Å². The average Bonchev–Trinajstić information content (AvgIpc) is 3.28. The normalized spacial score (nSPS) is 15.7. The molecule has 1 fully saturated rings. The summed E-state index contributed by atoms with van der Waals surface area (Å²) in [6, 6.07) is 3.62. The first-order valence-corrected chi connectivity index (χ1v) is 12.6. The van der Waals surface area contributed by atoms with Gasteiger partial charge in [-0.1, -0.05) is 36.9 Å². The molecule has 1 aliphatic heterocycles. The summed E-state index contributed by atoms with van der Waals surface area (Å²) >= 11 is 1.44. The number of hydrogen-bond donors (Lipinski definition) is 0. The number of aryl methyl sites for hydroxylation is 1. The minimum Gasteiger partial charge on any atom is -0.475 e. The third-order valence-corrected chi connectivity index (χ3v) is 5.83. The van der Waals surface area contributed by atoms with Crippen LogP contribution < -0.4 is 4.74 Å². The standard InChI is InChI=1S/C24H28N6O3S/c1-4-5-6-7-8-18-12-19(14-25-13-18)22(31)29-9-10-32-20(15-29)16-33-21-11-17(2)26-23-27-24(34-3)28-30(21)23/h11-14,20H,4-6,9-10,15-16H2,1-3H3. The SMILES string of the molecule is CCCCC#Cc1cncc(C(=O)N2CCOC(COc3cc(C)nc4nc(SC)nn34)C2)c1. The molecule has 0 aliphatic carbocycles. The highest BCUT2D eigenvalue weighted by Gasteiger charge is 2.26. The lowest BCUT2D eigenvalue weighted by Gasteiger charge is -2.32. The maximum atomic E-state index is 13.1.